The number of aliphatic hydroxyl groups is 1. The number of fused-ring (bicyclic) bond motifs is 1. The number of sulfone groups is 1. The normalized spacial score (nSPS) is 11.7. The molecule has 124 valence electrons. The topological polar surface area (TPSA) is 128 Å². The molecule has 0 saturated heterocycles. The zero-order valence-electron chi connectivity index (χ0n) is 12.2. The molecule has 0 radical (unpaired) electrons. The first-order valence-corrected chi connectivity index (χ1v) is 8.35. The summed E-state index contributed by atoms with van der Waals surface area (Å²) in [4.78, 5) is 14.6. The van der Waals surface area contributed by atoms with Crippen LogP contribution in [0.3, 0.4) is 0 Å². The van der Waals surface area contributed by atoms with Crippen molar-refractivity contribution in [3.8, 4) is 11.5 Å². The van der Waals surface area contributed by atoms with Gasteiger partial charge in [-0.25, -0.2) is 8.42 Å². The second-order valence-electron chi connectivity index (χ2n) is 5.17. The number of phenols is 2. The van der Waals surface area contributed by atoms with Crippen LogP contribution in [0, 0.1) is 0 Å². The van der Waals surface area contributed by atoms with Crippen molar-refractivity contribution < 1.29 is 23.7 Å². The Labute approximate surface area is 136 Å². The molecule has 7 nitrogen and oxygen atoms in total. The Hall–Kier alpha value is -2.84. The second kappa shape index (κ2) is 5.66. The minimum atomic E-state index is -4.08. The van der Waals surface area contributed by atoms with Crippen LogP contribution in [0.25, 0.3) is 10.9 Å². The van der Waals surface area contributed by atoms with E-state index in [0.717, 1.165) is 18.3 Å². The summed E-state index contributed by atoms with van der Waals surface area (Å²) in [6.45, 7) is -0.223. The van der Waals surface area contributed by atoms with Crippen LogP contribution in [0.5, 0.6) is 11.5 Å². The van der Waals surface area contributed by atoms with Crippen LogP contribution in [0.2, 0.25) is 0 Å². The number of aromatic amines is 1. The first kappa shape index (κ1) is 16.0. The maximum Gasteiger partial charge on any atom is 0.211 e. The van der Waals surface area contributed by atoms with Crippen molar-refractivity contribution in [3.63, 3.8) is 0 Å². The number of hydrogen-bond acceptors (Lipinski definition) is 6. The van der Waals surface area contributed by atoms with E-state index < -0.39 is 31.7 Å². The van der Waals surface area contributed by atoms with Gasteiger partial charge >= 0.3 is 0 Å². The van der Waals surface area contributed by atoms with Crippen LogP contribution >= 0.6 is 0 Å². The molecule has 4 N–H and O–H groups in total. The van der Waals surface area contributed by atoms with Gasteiger partial charge < -0.3 is 20.3 Å². The van der Waals surface area contributed by atoms with E-state index in [1.807, 2.05) is 0 Å². The SMILES string of the molecule is O=c1c(S(=O)(=O)c2ccc(CO)cc2)c[nH]c2cc(O)c(O)cc12. The Bertz CT molecular complexity index is 1080. The van der Waals surface area contributed by atoms with Gasteiger partial charge in [-0.05, 0) is 23.8 Å². The number of aliphatic hydroxyl groups excluding tert-OH is 1. The van der Waals surface area contributed by atoms with E-state index in [-0.39, 0.29) is 22.4 Å². The lowest BCUT2D eigenvalue weighted by molar-refractivity contribution is 0.282. The summed E-state index contributed by atoms with van der Waals surface area (Å²) in [5.74, 6) is -0.941. The van der Waals surface area contributed by atoms with E-state index in [1.54, 1.807) is 0 Å². The van der Waals surface area contributed by atoms with Crippen molar-refractivity contribution in [3.05, 3.63) is 58.4 Å². The monoisotopic (exact) mass is 347 g/mol. The Morgan fingerprint density at radius 2 is 1.62 bits per heavy atom. The Morgan fingerprint density at radius 3 is 2.25 bits per heavy atom. The number of aromatic nitrogens is 1. The zero-order chi connectivity index (χ0) is 17.5. The summed E-state index contributed by atoms with van der Waals surface area (Å²) in [7, 11) is -4.08. The number of rotatable bonds is 3. The molecule has 0 atom stereocenters. The highest BCUT2D eigenvalue weighted by molar-refractivity contribution is 7.91. The fourth-order valence-corrected chi connectivity index (χ4v) is 3.64. The van der Waals surface area contributed by atoms with Crippen molar-refractivity contribution in [2.45, 2.75) is 16.4 Å². The molecule has 24 heavy (non-hydrogen) atoms. The number of H-pyrrole nitrogens is 1. The van der Waals surface area contributed by atoms with Crippen LogP contribution in [0.1, 0.15) is 5.56 Å². The first-order valence-electron chi connectivity index (χ1n) is 6.87. The molecule has 0 amide bonds. The lowest BCUT2D eigenvalue weighted by atomic mass is 10.2. The van der Waals surface area contributed by atoms with Crippen LogP contribution in [0.4, 0.5) is 0 Å². The van der Waals surface area contributed by atoms with Gasteiger partial charge in [0, 0.05) is 12.3 Å². The molecule has 0 fully saturated rings. The van der Waals surface area contributed by atoms with Gasteiger partial charge in [0.05, 0.1) is 22.4 Å². The lowest BCUT2D eigenvalue weighted by Crippen LogP contribution is -2.16. The summed E-state index contributed by atoms with van der Waals surface area (Å²) in [6, 6.07) is 7.66. The van der Waals surface area contributed by atoms with Gasteiger partial charge in [-0.2, -0.15) is 0 Å². The molecule has 1 aromatic heterocycles. The average molecular weight is 347 g/mol. The van der Waals surface area contributed by atoms with Crippen LogP contribution < -0.4 is 5.43 Å². The van der Waals surface area contributed by atoms with E-state index in [9.17, 15) is 23.4 Å². The highest BCUT2D eigenvalue weighted by atomic mass is 32.2. The smallest absolute Gasteiger partial charge is 0.211 e. The standard InChI is InChI=1S/C16H13NO6S/c18-8-9-1-3-10(4-2-9)24(22,23)15-7-17-12-6-14(20)13(19)5-11(12)16(15)21/h1-7,18-20H,8H2,(H,17,21). The largest absolute Gasteiger partial charge is 0.504 e. The summed E-state index contributed by atoms with van der Waals surface area (Å²) in [5, 5.41) is 27.9. The number of benzene rings is 2. The van der Waals surface area contributed by atoms with Gasteiger partial charge in [0.15, 0.2) is 11.5 Å². The number of nitrogens with one attached hydrogen (secondary N) is 1. The molecule has 0 saturated carbocycles. The lowest BCUT2D eigenvalue weighted by Gasteiger charge is -2.07. The minimum Gasteiger partial charge on any atom is -0.504 e. The molecule has 2 aromatic carbocycles. The predicted octanol–water partition coefficient (Wildman–Crippen LogP) is 1.26. The fraction of sp³-hybridized carbons (Fsp3) is 0.0625. The third kappa shape index (κ3) is 2.51. The molecular formula is C16H13NO6S. The van der Waals surface area contributed by atoms with Crippen LogP contribution in [-0.2, 0) is 16.4 Å². The van der Waals surface area contributed by atoms with Gasteiger partial charge in [0.25, 0.3) is 0 Å². The fourth-order valence-electron chi connectivity index (χ4n) is 2.33. The number of hydrogen-bond donors (Lipinski definition) is 4. The van der Waals surface area contributed by atoms with E-state index in [0.29, 0.717) is 5.56 Å². The van der Waals surface area contributed by atoms with Gasteiger partial charge in [-0.1, -0.05) is 12.1 Å². The van der Waals surface area contributed by atoms with E-state index in [2.05, 4.69) is 4.98 Å². The van der Waals surface area contributed by atoms with Crippen molar-refractivity contribution >= 4 is 20.7 Å². The van der Waals surface area contributed by atoms with Crippen LogP contribution in [-0.4, -0.2) is 28.7 Å². The molecule has 0 spiro atoms. The second-order valence-corrected chi connectivity index (χ2v) is 7.09. The molecule has 8 heteroatoms. The first-order chi connectivity index (χ1) is 11.3. The molecule has 0 bridgehead atoms. The molecule has 0 unspecified atom stereocenters. The number of phenolic OH excluding ortho intramolecular Hbond substituents is 2. The van der Waals surface area contributed by atoms with Gasteiger partial charge in [-0.3, -0.25) is 4.79 Å². The molecule has 3 rings (SSSR count). The van der Waals surface area contributed by atoms with Crippen molar-refractivity contribution in [2.75, 3.05) is 0 Å². The highest BCUT2D eigenvalue weighted by Gasteiger charge is 2.23. The molecule has 0 aliphatic heterocycles. The Kier molecular flexibility index (Phi) is 3.78. The Balaban J connectivity index is 2.22. The molecule has 3 aromatic rings. The van der Waals surface area contributed by atoms with Gasteiger partial charge in [0.2, 0.25) is 15.3 Å². The van der Waals surface area contributed by atoms with Crippen molar-refractivity contribution in [1.82, 2.24) is 4.98 Å². The molecular weight excluding hydrogens is 334 g/mol. The van der Waals surface area contributed by atoms with Gasteiger partial charge in [0.1, 0.15) is 4.90 Å². The summed E-state index contributed by atoms with van der Waals surface area (Å²) in [5.41, 5.74) is -0.0445. The third-order valence-corrected chi connectivity index (χ3v) is 5.42. The van der Waals surface area contributed by atoms with E-state index in [1.165, 1.54) is 24.3 Å². The summed E-state index contributed by atoms with van der Waals surface area (Å²) >= 11 is 0. The van der Waals surface area contributed by atoms with Crippen LogP contribution in [0.15, 0.2) is 57.2 Å². The molecule has 0 aliphatic rings. The predicted molar refractivity (Wildman–Crippen MR) is 85.7 cm³/mol. The van der Waals surface area contributed by atoms with E-state index in [4.69, 9.17) is 5.11 Å². The number of aromatic hydroxyl groups is 2. The summed E-state index contributed by atoms with van der Waals surface area (Å²) in [6.07, 6.45) is 1.05. The Morgan fingerprint density at radius 1 is 1.00 bits per heavy atom. The average Bonchev–Trinajstić information content (AvgIpc) is 2.57. The van der Waals surface area contributed by atoms with Crippen molar-refractivity contribution in [1.29, 1.82) is 0 Å². The molecule has 0 aliphatic carbocycles. The zero-order valence-corrected chi connectivity index (χ0v) is 13.0. The summed E-state index contributed by atoms with van der Waals surface area (Å²) < 4.78 is 25.3. The van der Waals surface area contributed by atoms with E-state index >= 15 is 0 Å². The molecule has 1 heterocycles. The highest BCUT2D eigenvalue weighted by Crippen LogP contribution is 2.28. The quantitative estimate of drug-likeness (QED) is 0.528. The third-order valence-electron chi connectivity index (χ3n) is 3.65. The maximum atomic E-state index is 12.7. The van der Waals surface area contributed by atoms with Crippen molar-refractivity contribution in [2.24, 2.45) is 0 Å². The number of pyridine rings is 1. The van der Waals surface area contributed by atoms with Gasteiger partial charge in [-0.15, -0.1) is 0 Å². The maximum absolute atomic E-state index is 12.7. The minimum absolute atomic E-state index is 0.0571.